The van der Waals surface area contributed by atoms with Crippen LogP contribution >= 0.6 is 11.3 Å². The third-order valence-corrected chi connectivity index (χ3v) is 6.33. The van der Waals surface area contributed by atoms with Crippen LogP contribution < -0.4 is 19.6 Å². The number of hydrogen-bond donors (Lipinski definition) is 0. The molecule has 0 atom stereocenters. The van der Waals surface area contributed by atoms with E-state index in [2.05, 4.69) is 9.47 Å². The molecule has 0 bridgehead atoms. The number of hydrogen-bond acceptors (Lipinski definition) is 6. The van der Waals surface area contributed by atoms with E-state index in [1.165, 1.54) is 0 Å². The van der Waals surface area contributed by atoms with Gasteiger partial charge in [0.2, 0.25) is 5.43 Å². The molecule has 0 saturated carbocycles. The van der Waals surface area contributed by atoms with E-state index in [9.17, 15) is 4.79 Å². The zero-order chi connectivity index (χ0) is 20.7. The predicted molar refractivity (Wildman–Crippen MR) is 119 cm³/mol. The number of benzene rings is 2. The van der Waals surface area contributed by atoms with Crippen molar-refractivity contribution in [2.75, 3.05) is 42.0 Å². The van der Waals surface area contributed by atoms with Crippen LogP contribution in [0, 0.1) is 0 Å². The van der Waals surface area contributed by atoms with Gasteiger partial charge in [0.15, 0.2) is 11.5 Å². The average Bonchev–Trinajstić information content (AvgIpc) is 3.03. The van der Waals surface area contributed by atoms with Crippen molar-refractivity contribution < 1.29 is 14.2 Å². The van der Waals surface area contributed by atoms with Gasteiger partial charge in [-0.05, 0) is 38.4 Å². The first kappa shape index (κ1) is 19.5. The van der Waals surface area contributed by atoms with Crippen LogP contribution in [0.5, 0.6) is 17.2 Å². The molecule has 0 radical (unpaired) electrons. The lowest BCUT2D eigenvalue weighted by atomic mass is 10.2. The smallest absolute Gasteiger partial charge is 0.212 e. The Morgan fingerprint density at radius 3 is 2.34 bits per heavy atom. The van der Waals surface area contributed by atoms with Gasteiger partial charge >= 0.3 is 0 Å². The number of likely N-dealkylation sites (N-methyl/N-ethyl adjacent to an activating group) is 1. The van der Waals surface area contributed by atoms with E-state index >= 15 is 0 Å². The molecule has 2 aromatic carbocycles. The molecule has 152 valence electrons. The Kier molecular flexibility index (Phi) is 5.10. The quantitative estimate of drug-likeness (QED) is 0.480. The summed E-state index contributed by atoms with van der Waals surface area (Å²) in [5, 5.41) is 1.69. The van der Waals surface area contributed by atoms with Crippen molar-refractivity contribution in [2.24, 2.45) is 0 Å². The average molecular weight is 413 g/mol. The molecule has 4 rings (SSSR count). The van der Waals surface area contributed by atoms with Gasteiger partial charge in [0.25, 0.3) is 0 Å². The Balaban J connectivity index is 2.15. The highest BCUT2D eigenvalue weighted by Gasteiger charge is 2.20. The monoisotopic (exact) mass is 412 g/mol. The van der Waals surface area contributed by atoms with Crippen molar-refractivity contribution in [2.45, 2.75) is 6.54 Å². The van der Waals surface area contributed by atoms with Crippen LogP contribution in [0.4, 0.5) is 0 Å². The highest BCUT2D eigenvalue weighted by atomic mass is 32.1. The second-order valence-electron chi connectivity index (χ2n) is 7.15. The molecule has 6 nitrogen and oxygen atoms in total. The van der Waals surface area contributed by atoms with Crippen molar-refractivity contribution in [3.05, 3.63) is 40.6 Å². The normalized spacial score (nSPS) is 11.7. The number of rotatable bonds is 6. The van der Waals surface area contributed by atoms with Gasteiger partial charge in [-0.1, -0.05) is 0 Å². The Hall–Kier alpha value is -2.77. The maximum Gasteiger partial charge on any atom is 0.212 e. The number of fused-ring (bicyclic) bond motifs is 4. The van der Waals surface area contributed by atoms with Gasteiger partial charge in [-0.25, -0.2) is 0 Å². The van der Waals surface area contributed by atoms with Gasteiger partial charge in [0.05, 0.1) is 31.5 Å². The van der Waals surface area contributed by atoms with Crippen LogP contribution in [0.3, 0.4) is 0 Å². The maximum absolute atomic E-state index is 13.5. The summed E-state index contributed by atoms with van der Waals surface area (Å²) < 4.78 is 20.4. The first-order valence-electron chi connectivity index (χ1n) is 9.32. The third kappa shape index (κ3) is 3.20. The third-order valence-electron chi connectivity index (χ3n) is 5.15. The lowest BCUT2D eigenvalue weighted by molar-refractivity contribution is 0.355. The second kappa shape index (κ2) is 7.57. The van der Waals surface area contributed by atoms with Crippen molar-refractivity contribution in [1.29, 1.82) is 0 Å². The van der Waals surface area contributed by atoms with Crippen molar-refractivity contribution >= 4 is 42.5 Å². The topological polar surface area (TPSA) is 52.9 Å². The predicted octanol–water partition coefficient (Wildman–Crippen LogP) is 3.96. The van der Waals surface area contributed by atoms with Crippen LogP contribution in [-0.4, -0.2) is 51.4 Å². The Morgan fingerprint density at radius 2 is 1.69 bits per heavy atom. The summed E-state index contributed by atoms with van der Waals surface area (Å²) in [6.45, 7) is 1.52. The lowest BCUT2D eigenvalue weighted by Gasteiger charge is -2.13. The fourth-order valence-electron chi connectivity index (χ4n) is 3.64. The summed E-state index contributed by atoms with van der Waals surface area (Å²) in [5.41, 5.74) is 1.72. The van der Waals surface area contributed by atoms with Crippen LogP contribution in [0.2, 0.25) is 0 Å². The van der Waals surface area contributed by atoms with E-state index in [0.717, 1.165) is 38.1 Å². The summed E-state index contributed by atoms with van der Waals surface area (Å²) in [4.78, 5) is 15.6. The van der Waals surface area contributed by atoms with Crippen LogP contribution in [0.25, 0.3) is 31.2 Å². The summed E-state index contributed by atoms with van der Waals surface area (Å²) >= 11 is 1.60. The van der Waals surface area contributed by atoms with Gasteiger partial charge in [-0.3, -0.25) is 4.79 Å². The molecule has 2 heterocycles. The van der Waals surface area contributed by atoms with E-state index in [-0.39, 0.29) is 5.43 Å². The highest BCUT2D eigenvalue weighted by Crippen LogP contribution is 2.40. The summed E-state index contributed by atoms with van der Waals surface area (Å²) in [6.07, 6.45) is 0. The molecule has 0 aliphatic heterocycles. The minimum absolute atomic E-state index is 0.0318. The minimum Gasteiger partial charge on any atom is -0.497 e. The number of ether oxygens (including phenoxy) is 3. The van der Waals surface area contributed by atoms with Crippen LogP contribution in [0.15, 0.2) is 35.1 Å². The Labute approximate surface area is 172 Å². The fraction of sp³-hybridized carbons (Fsp3) is 0.318. The Morgan fingerprint density at radius 1 is 0.966 bits per heavy atom. The van der Waals surface area contributed by atoms with E-state index in [1.807, 2.05) is 44.4 Å². The van der Waals surface area contributed by atoms with Crippen LogP contribution in [0.1, 0.15) is 0 Å². The van der Waals surface area contributed by atoms with Gasteiger partial charge in [-0.15, -0.1) is 11.3 Å². The molecule has 29 heavy (non-hydrogen) atoms. The molecule has 7 heteroatoms. The van der Waals surface area contributed by atoms with E-state index < -0.39 is 0 Å². The molecule has 0 unspecified atom stereocenters. The Bertz CT molecular complexity index is 1270. The van der Waals surface area contributed by atoms with E-state index in [0.29, 0.717) is 23.4 Å². The van der Waals surface area contributed by atoms with Gasteiger partial charge in [-0.2, -0.15) is 0 Å². The summed E-state index contributed by atoms with van der Waals surface area (Å²) in [5.74, 6) is 2.04. The molecule has 0 aliphatic rings. The van der Waals surface area contributed by atoms with E-state index in [1.54, 1.807) is 32.7 Å². The van der Waals surface area contributed by atoms with Crippen molar-refractivity contribution in [3.63, 3.8) is 0 Å². The van der Waals surface area contributed by atoms with Crippen molar-refractivity contribution in [3.8, 4) is 17.2 Å². The summed E-state index contributed by atoms with van der Waals surface area (Å²) in [6, 6.07) is 9.53. The van der Waals surface area contributed by atoms with E-state index in [4.69, 9.17) is 14.2 Å². The molecule has 0 spiro atoms. The zero-order valence-corrected chi connectivity index (χ0v) is 18.1. The fourth-order valence-corrected chi connectivity index (χ4v) is 4.88. The maximum atomic E-state index is 13.5. The summed E-state index contributed by atoms with van der Waals surface area (Å²) in [7, 11) is 8.93. The molecule has 0 aliphatic carbocycles. The lowest BCUT2D eigenvalue weighted by Crippen LogP contribution is -2.19. The number of aromatic nitrogens is 1. The molecule has 0 amide bonds. The molecule has 0 saturated heterocycles. The number of nitrogens with zero attached hydrogens (tertiary/aromatic N) is 2. The second-order valence-corrected chi connectivity index (χ2v) is 8.20. The standard InChI is InChI=1S/C22H24N2O4S/c1-23(2)8-9-24-16-12-18(28-5)17(27-4)11-15(16)22-20(24)21(25)14-7-6-13(26-3)10-19(14)29-22/h6-7,10-12H,8-9H2,1-5H3. The minimum atomic E-state index is 0.0318. The largest absolute Gasteiger partial charge is 0.497 e. The molecule has 0 fully saturated rings. The molecular formula is C22H24N2O4S. The SMILES string of the molecule is COc1ccc2c(=O)c3c(sc2c1)c1cc(OC)c(OC)cc1n3CCN(C)C. The van der Waals surface area contributed by atoms with Gasteiger partial charge in [0.1, 0.15) is 11.3 Å². The van der Waals surface area contributed by atoms with Gasteiger partial charge < -0.3 is 23.7 Å². The first-order valence-corrected chi connectivity index (χ1v) is 10.1. The molecule has 2 aromatic heterocycles. The zero-order valence-electron chi connectivity index (χ0n) is 17.2. The molecular weight excluding hydrogens is 388 g/mol. The van der Waals surface area contributed by atoms with Crippen LogP contribution in [-0.2, 0) is 6.54 Å². The van der Waals surface area contributed by atoms with Gasteiger partial charge in [0, 0.05) is 34.6 Å². The first-order chi connectivity index (χ1) is 14.0. The molecule has 4 aromatic rings. The van der Waals surface area contributed by atoms with Crippen molar-refractivity contribution in [1.82, 2.24) is 9.47 Å². The molecule has 0 N–H and O–H groups in total. The number of methoxy groups -OCH3 is 3. The highest BCUT2D eigenvalue weighted by molar-refractivity contribution is 7.25.